The fraction of sp³-hybridized carbons (Fsp3) is 0.0833. The van der Waals surface area contributed by atoms with E-state index in [1.807, 2.05) is 17.5 Å². The SMILES string of the molecule is O=c1[nH]ccc2nc(NCc3cccs3)ncc12. The Morgan fingerprint density at radius 2 is 2.33 bits per heavy atom. The zero-order valence-electron chi connectivity index (χ0n) is 9.38. The molecule has 18 heavy (non-hydrogen) atoms. The van der Waals surface area contributed by atoms with Gasteiger partial charge in [-0.15, -0.1) is 11.3 Å². The first kappa shape index (κ1) is 10.9. The summed E-state index contributed by atoms with van der Waals surface area (Å²) in [5, 5.41) is 5.66. The number of hydrogen-bond donors (Lipinski definition) is 2. The van der Waals surface area contributed by atoms with E-state index in [2.05, 4.69) is 20.3 Å². The highest BCUT2D eigenvalue weighted by Crippen LogP contribution is 2.11. The second kappa shape index (κ2) is 4.58. The van der Waals surface area contributed by atoms with Crippen molar-refractivity contribution in [3.8, 4) is 0 Å². The van der Waals surface area contributed by atoms with Crippen LogP contribution in [0.2, 0.25) is 0 Å². The Bertz CT molecular complexity index is 720. The van der Waals surface area contributed by atoms with Gasteiger partial charge in [0.25, 0.3) is 5.56 Å². The van der Waals surface area contributed by atoms with E-state index in [1.54, 1.807) is 23.6 Å². The molecule has 0 atom stereocenters. The van der Waals surface area contributed by atoms with E-state index in [9.17, 15) is 4.79 Å². The average Bonchev–Trinajstić information content (AvgIpc) is 2.90. The van der Waals surface area contributed by atoms with E-state index < -0.39 is 0 Å². The number of fused-ring (bicyclic) bond motifs is 1. The van der Waals surface area contributed by atoms with E-state index in [1.165, 1.54) is 11.1 Å². The first-order valence-corrected chi connectivity index (χ1v) is 6.31. The fourth-order valence-electron chi connectivity index (χ4n) is 1.64. The van der Waals surface area contributed by atoms with E-state index in [0.29, 0.717) is 23.4 Å². The zero-order chi connectivity index (χ0) is 12.4. The number of thiophene rings is 1. The summed E-state index contributed by atoms with van der Waals surface area (Å²) in [5.74, 6) is 0.529. The van der Waals surface area contributed by atoms with Gasteiger partial charge in [0, 0.05) is 17.3 Å². The number of aromatic amines is 1. The van der Waals surface area contributed by atoms with Crippen molar-refractivity contribution >= 4 is 28.2 Å². The van der Waals surface area contributed by atoms with Gasteiger partial charge in [-0.3, -0.25) is 4.79 Å². The van der Waals surface area contributed by atoms with Crippen LogP contribution in [0.1, 0.15) is 4.88 Å². The van der Waals surface area contributed by atoms with Crippen molar-refractivity contribution in [2.45, 2.75) is 6.54 Å². The van der Waals surface area contributed by atoms with Crippen molar-refractivity contribution in [2.75, 3.05) is 5.32 Å². The maximum atomic E-state index is 11.5. The van der Waals surface area contributed by atoms with E-state index in [-0.39, 0.29) is 5.56 Å². The molecule has 3 aromatic heterocycles. The maximum Gasteiger partial charge on any atom is 0.258 e. The summed E-state index contributed by atoms with van der Waals surface area (Å²) in [7, 11) is 0. The Morgan fingerprint density at radius 1 is 1.39 bits per heavy atom. The van der Waals surface area contributed by atoms with Gasteiger partial charge >= 0.3 is 0 Å². The van der Waals surface area contributed by atoms with E-state index in [0.717, 1.165) is 0 Å². The van der Waals surface area contributed by atoms with Gasteiger partial charge in [0.1, 0.15) is 0 Å². The molecule has 2 N–H and O–H groups in total. The second-order valence-corrected chi connectivity index (χ2v) is 4.76. The molecule has 0 unspecified atom stereocenters. The summed E-state index contributed by atoms with van der Waals surface area (Å²) in [5.41, 5.74) is 0.472. The van der Waals surface area contributed by atoms with E-state index >= 15 is 0 Å². The Balaban J connectivity index is 1.87. The van der Waals surface area contributed by atoms with Gasteiger partial charge in [-0.25, -0.2) is 9.97 Å². The van der Waals surface area contributed by atoms with Gasteiger partial charge in [0.05, 0.1) is 17.4 Å². The molecular weight excluding hydrogens is 248 g/mol. The molecule has 0 aliphatic carbocycles. The highest BCUT2D eigenvalue weighted by atomic mass is 32.1. The molecule has 90 valence electrons. The molecule has 0 saturated carbocycles. The average molecular weight is 258 g/mol. The Labute approximate surface area is 107 Å². The quantitative estimate of drug-likeness (QED) is 0.753. The van der Waals surface area contributed by atoms with Gasteiger partial charge < -0.3 is 10.3 Å². The number of nitrogens with zero attached hydrogens (tertiary/aromatic N) is 2. The molecule has 0 radical (unpaired) electrons. The first-order chi connectivity index (χ1) is 8.83. The van der Waals surface area contributed by atoms with Crippen LogP contribution in [0.15, 0.2) is 40.8 Å². The standard InChI is InChI=1S/C12H10N4OS/c17-11-9-7-15-12(16-10(9)3-4-13-11)14-6-8-2-1-5-18-8/h1-5,7H,6H2,(H,13,17)(H,14,15,16). The minimum absolute atomic E-state index is 0.169. The minimum Gasteiger partial charge on any atom is -0.349 e. The van der Waals surface area contributed by atoms with Crippen molar-refractivity contribution in [1.29, 1.82) is 0 Å². The van der Waals surface area contributed by atoms with Crippen LogP contribution in [-0.4, -0.2) is 15.0 Å². The van der Waals surface area contributed by atoms with Crippen molar-refractivity contribution in [3.63, 3.8) is 0 Å². The molecule has 0 bridgehead atoms. The molecule has 5 nitrogen and oxygen atoms in total. The third-order valence-corrected chi connectivity index (χ3v) is 3.40. The molecule has 0 spiro atoms. The molecule has 3 aromatic rings. The van der Waals surface area contributed by atoms with Crippen LogP contribution in [0.5, 0.6) is 0 Å². The summed E-state index contributed by atoms with van der Waals surface area (Å²) < 4.78 is 0. The van der Waals surface area contributed by atoms with Gasteiger partial charge in [-0.1, -0.05) is 6.07 Å². The number of aromatic nitrogens is 3. The lowest BCUT2D eigenvalue weighted by Gasteiger charge is -2.03. The number of pyridine rings is 1. The number of nitrogens with one attached hydrogen (secondary N) is 2. The lowest BCUT2D eigenvalue weighted by atomic mass is 10.3. The minimum atomic E-state index is -0.169. The molecule has 0 saturated heterocycles. The first-order valence-electron chi connectivity index (χ1n) is 5.43. The number of rotatable bonds is 3. The van der Waals surface area contributed by atoms with Crippen molar-refractivity contribution in [3.05, 3.63) is 51.2 Å². The van der Waals surface area contributed by atoms with Gasteiger partial charge in [-0.05, 0) is 17.5 Å². The molecule has 6 heteroatoms. The summed E-state index contributed by atoms with van der Waals surface area (Å²) in [6, 6.07) is 5.81. The molecule has 0 aliphatic heterocycles. The van der Waals surface area contributed by atoms with Gasteiger partial charge in [-0.2, -0.15) is 0 Å². The monoisotopic (exact) mass is 258 g/mol. The van der Waals surface area contributed by atoms with Crippen LogP contribution in [-0.2, 0) is 6.54 Å². The summed E-state index contributed by atoms with van der Waals surface area (Å²) in [6.45, 7) is 0.687. The van der Waals surface area contributed by atoms with Crippen LogP contribution < -0.4 is 10.9 Å². The van der Waals surface area contributed by atoms with Gasteiger partial charge in [0.15, 0.2) is 0 Å². The topological polar surface area (TPSA) is 70.7 Å². The van der Waals surface area contributed by atoms with Gasteiger partial charge in [0.2, 0.25) is 5.95 Å². The molecule has 0 aliphatic rings. The fourth-order valence-corrected chi connectivity index (χ4v) is 2.28. The highest BCUT2D eigenvalue weighted by Gasteiger charge is 2.02. The lowest BCUT2D eigenvalue weighted by molar-refractivity contribution is 1.09. The third kappa shape index (κ3) is 2.10. The molecule has 3 rings (SSSR count). The second-order valence-electron chi connectivity index (χ2n) is 3.73. The third-order valence-electron chi connectivity index (χ3n) is 2.52. The number of hydrogen-bond acceptors (Lipinski definition) is 5. The smallest absolute Gasteiger partial charge is 0.258 e. The molecule has 3 heterocycles. The van der Waals surface area contributed by atoms with E-state index in [4.69, 9.17) is 0 Å². The number of H-pyrrole nitrogens is 1. The zero-order valence-corrected chi connectivity index (χ0v) is 10.2. The molecule has 0 aromatic carbocycles. The number of anilines is 1. The van der Waals surface area contributed by atoms with Crippen LogP contribution in [0.3, 0.4) is 0 Å². The molecule has 0 fully saturated rings. The lowest BCUT2D eigenvalue weighted by Crippen LogP contribution is -2.08. The van der Waals surface area contributed by atoms with Crippen molar-refractivity contribution < 1.29 is 0 Å². The predicted molar refractivity (Wildman–Crippen MR) is 71.8 cm³/mol. The van der Waals surface area contributed by atoms with Crippen molar-refractivity contribution in [2.24, 2.45) is 0 Å². The maximum absolute atomic E-state index is 11.5. The summed E-state index contributed by atoms with van der Waals surface area (Å²) in [4.78, 5) is 23.7. The Morgan fingerprint density at radius 3 is 3.17 bits per heavy atom. The predicted octanol–water partition coefficient (Wildman–Crippen LogP) is 1.99. The summed E-state index contributed by atoms with van der Waals surface area (Å²) in [6.07, 6.45) is 3.12. The molecular formula is C12H10N4OS. The Hall–Kier alpha value is -2.21. The molecule has 0 amide bonds. The van der Waals surface area contributed by atoms with Crippen molar-refractivity contribution in [1.82, 2.24) is 15.0 Å². The summed E-state index contributed by atoms with van der Waals surface area (Å²) >= 11 is 1.68. The van der Waals surface area contributed by atoms with Crippen LogP contribution in [0.4, 0.5) is 5.95 Å². The highest BCUT2D eigenvalue weighted by molar-refractivity contribution is 7.09. The Kier molecular flexibility index (Phi) is 2.77. The van der Waals surface area contributed by atoms with Crippen LogP contribution in [0, 0.1) is 0 Å². The van der Waals surface area contributed by atoms with Crippen LogP contribution >= 0.6 is 11.3 Å². The van der Waals surface area contributed by atoms with Crippen LogP contribution in [0.25, 0.3) is 10.9 Å². The normalized spacial score (nSPS) is 10.7. The largest absolute Gasteiger partial charge is 0.349 e.